The van der Waals surface area contributed by atoms with Gasteiger partial charge in [-0.3, -0.25) is 19.8 Å². The molecule has 0 saturated heterocycles. The number of ether oxygens (including phenoxy) is 1. The molecule has 0 unspecified atom stereocenters. The van der Waals surface area contributed by atoms with Crippen LogP contribution in [0.15, 0.2) is 71.2 Å². The van der Waals surface area contributed by atoms with Crippen molar-refractivity contribution in [2.45, 2.75) is 39.5 Å². The van der Waals surface area contributed by atoms with E-state index in [1.807, 2.05) is 45.0 Å². The van der Waals surface area contributed by atoms with Crippen molar-refractivity contribution in [2.75, 3.05) is 11.5 Å². The Morgan fingerprint density at radius 2 is 1.82 bits per heavy atom. The van der Waals surface area contributed by atoms with Gasteiger partial charge in [-0.25, -0.2) is 0 Å². The smallest absolute Gasteiger partial charge is 0.269 e. The topological polar surface area (TPSA) is 122 Å². The number of rotatable bonds is 5. The molecule has 2 N–H and O–H groups in total. The number of nitriles is 1. The highest BCUT2D eigenvalue weighted by Gasteiger charge is 2.44. The second-order valence-electron chi connectivity index (χ2n) is 9.26. The van der Waals surface area contributed by atoms with Gasteiger partial charge in [0.15, 0.2) is 5.78 Å². The standard InChI is InChI=1S/C26H26N4O4/c1-4-34-19-11-5-16(6-12-19)23-20(15-27)25(28)29(17-7-9-18(10-8-17)30(32)33)21-13-26(2,3)14-22(31)24(21)23/h5-12,23H,4,13-14,28H2,1-3H3/t23-/m1/s1. The van der Waals surface area contributed by atoms with Crippen molar-refractivity contribution >= 4 is 17.2 Å². The number of anilines is 1. The normalized spacial score (nSPS) is 19.5. The SMILES string of the molecule is CCOc1ccc([C@@H]2C(C#N)=C(N)N(c3ccc([N+](=O)[O-])cc3)C3=C2C(=O)CC(C)(C)C3)cc1. The first kappa shape index (κ1) is 23.1. The average molecular weight is 459 g/mol. The molecule has 34 heavy (non-hydrogen) atoms. The first-order chi connectivity index (χ1) is 16.2. The summed E-state index contributed by atoms with van der Waals surface area (Å²) in [4.78, 5) is 25.9. The molecule has 1 aliphatic heterocycles. The third-order valence-electron chi connectivity index (χ3n) is 6.22. The molecule has 8 heteroatoms. The molecular weight excluding hydrogens is 432 g/mol. The van der Waals surface area contributed by atoms with Crippen molar-refractivity contribution < 1.29 is 14.5 Å². The van der Waals surface area contributed by atoms with Crippen molar-refractivity contribution in [2.24, 2.45) is 11.1 Å². The highest BCUT2D eigenvalue weighted by Crippen LogP contribution is 2.50. The number of non-ortho nitro benzene ring substituents is 1. The highest BCUT2D eigenvalue weighted by molar-refractivity contribution is 6.01. The van der Waals surface area contributed by atoms with Crippen LogP contribution in [0.3, 0.4) is 0 Å². The van der Waals surface area contributed by atoms with Gasteiger partial charge in [0.05, 0.1) is 29.1 Å². The van der Waals surface area contributed by atoms with Crippen molar-refractivity contribution in [3.05, 3.63) is 86.9 Å². The largest absolute Gasteiger partial charge is 0.494 e. The van der Waals surface area contributed by atoms with Crippen molar-refractivity contribution in [1.29, 1.82) is 5.26 Å². The molecule has 0 fully saturated rings. The predicted octanol–water partition coefficient (Wildman–Crippen LogP) is 4.93. The van der Waals surface area contributed by atoms with Gasteiger partial charge in [0.25, 0.3) is 5.69 Å². The van der Waals surface area contributed by atoms with Crippen LogP contribution in [-0.2, 0) is 4.79 Å². The Balaban J connectivity index is 1.91. The number of Topliss-reactive ketones (excluding diaryl/α,β-unsaturated/α-hetero) is 1. The molecule has 0 amide bonds. The highest BCUT2D eigenvalue weighted by atomic mass is 16.6. The number of ketones is 1. The van der Waals surface area contributed by atoms with Crippen LogP contribution in [0, 0.1) is 26.9 Å². The molecule has 1 atom stereocenters. The van der Waals surface area contributed by atoms with E-state index in [-0.39, 0.29) is 28.3 Å². The molecule has 1 aliphatic carbocycles. The number of nitro groups is 1. The number of allylic oxidation sites excluding steroid dienone is 3. The van der Waals surface area contributed by atoms with Gasteiger partial charge >= 0.3 is 0 Å². The van der Waals surface area contributed by atoms with Gasteiger partial charge in [-0.2, -0.15) is 5.26 Å². The summed E-state index contributed by atoms with van der Waals surface area (Å²) < 4.78 is 5.54. The fourth-order valence-electron chi connectivity index (χ4n) is 4.78. The summed E-state index contributed by atoms with van der Waals surface area (Å²) in [6.45, 7) is 6.48. The van der Waals surface area contributed by atoms with Crippen LogP contribution in [0.1, 0.15) is 45.1 Å². The molecule has 2 aliphatic rings. The fourth-order valence-corrected chi connectivity index (χ4v) is 4.78. The second kappa shape index (κ2) is 8.67. The minimum Gasteiger partial charge on any atom is -0.494 e. The number of nitrogens with zero attached hydrogens (tertiary/aromatic N) is 3. The lowest BCUT2D eigenvalue weighted by Crippen LogP contribution is -2.42. The monoisotopic (exact) mass is 458 g/mol. The molecule has 0 aromatic heterocycles. The first-order valence-corrected chi connectivity index (χ1v) is 11.1. The minimum absolute atomic E-state index is 0.0303. The maximum absolute atomic E-state index is 13.5. The molecule has 1 heterocycles. The van der Waals surface area contributed by atoms with Gasteiger partial charge in [0, 0.05) is 35.5 Å². The molecule has 0 bridgehead atoms. The Bertz CT molecular complexity index is 1250. The van der Waals surface area contributed by atoms with E-state index in [0.29, 0.717) is 36.5 Å². The summed E-state index contributed by atoms with van der Waals surface area (Å²) in [5.74, 6) is 0.306. The Morgan fingerprint density at radius 3 is 2.38 bits per heavy atom. The zero-order chi connectivity index (χ0) is 24.6. The summed E-state index contributed by atoms with van der Waals surface area (Å²) in [6.07, 6.45) is 0.921. The van der Waals surface area contributed by atoms with E-state index in [9.17, 15) is 20.2 Å². The van der Waals surface area contributed by atoms with Crippen LogP contribution in [-0.4, -0.2) is 17.3 Å². The molecule has 4 rings (SSSR count). The number of carbonyl (C=O) groups excluding carboxylic acids is 1. The Labute approximate surface area is 198 Å². The molecule has 0 radical (unpaired) electrons. The summed E-state index contributed by atoms with van der Waals surface area (Å²) in [5.41, 5.74) is 9.14. The van der Waals surface area contributed by atoms with Crippen molar-refractivity contribution in [3.8, 4) is 11.8 Å². The molecule has 2 aromatic carbocycles. The predicted molar refractivity (Wildman–Crippen MR) is 128 cm³/mol. The van der Waals surface area contributed by atoms with Gasteiger partial charge < -0.3 is 10.5 Å². The lowest BCUT2D eigenvalue weighted by atomic mass is 9.68. The zero-order valence-corrected chi connectivity index (χ0v) is 19.4. The van der Waals surface area contributed by atoms with Gasteiger partial charge in [-0.1, -0.05) is 26.0 Å². The van der Waals surface area contributed by atoms with Crippen LogP contribution >= 0.6 is 0 Å². The van der Waals surface area contributed by atoms with Crippen molar-refractivity contribution in [1.82, 2.24) is 0 Å². The molecular formula is C26H26N4O4. The van der Waals surface area contributed by atoms with Crippen LogP contribution in [0.4, 0.5) is 11.4 Å². The fraction of sp³-hybridized carbons (Fsp3) is 0.308. The zero-order valence-electron chi connectivity index (χ0n) is 19.4. The van der Waals surface area contributed by atoms with Gasteiger partial charge in [-0.05, 0) is 48.6 Å². The number of hydrogen-bond donors (Lipinski definition) is 1. The molecule has 0 spiro atoms. The third kappa shape index (κ3) is 4.01. The lowest BCUT2D eigenvalue weighted by molar-refractivity contribution is -0.384. The summed E-state index contributed by atoms with van der Waals surface area (Å²) in [6, 6.07) is 15.6. The average Bonchev–Trinajstić information content (AvgIpc) is 2.78. The third-order valence-corrected chi connectivity index (χ3v) is 6.22. The number of nitro benzene ring substituents is 1. The molecule has 0 saturated carbocycles. The Morgan fingerprint density at radius 1 is 1.18 bits per heavy atom. The Kier molecular flexibility index (Phi) is 5.88. The summed E-state index contributed by atoms with van der Waals surface area (Å²) >= 11 is 0. The minimum atomic E-state index is -0.589. The van der Waals surface area contributed by atoms with Gasteiger partial charge in [0.2, 0.25) is 0 Å². The van der Waals surface area contributed by atoms with Gasteiger partial charge in [-0.15, -0.1) is 0 Å². The molecule has 2 aromatic rings. The quantitative estimate of drug-likeness (QED) is 0.497. The summed E-state index contributed by atoms with van der Waals surface area (Å²) in [7, 11) is 0. The van der Waals surface area contributed by atoms with E-state index >= 15 is 0 Å². The number of nitrogens with two attached hydrogens (primary N) is 1. The summed E-state index contributed by atoms with van der Waals surface area (Å²) in [5, 5.41) is 21.3. The number of benzene rings is 2. The van der Waals surface area contributed by atoms with E-state index in [1.54, 1.807) is 17.0 Å². The molecule has 8 nitrogen and oxygen atoms in total. The van der Waals surface area contributed by atoms with E-state index in [4.69, 9.17) is 10.5 Å². The van der Waals surface area contributed by atoms with Crippen LogP contribution in [0.25, 0.3) is 0 Å². The van der Waals surface area contributed by atoms with Crippen LogP contribution in [0.5, 0.6) is 5.75 Å². The lowest BCUT2D eigenvalue weighted by Gasteiger charge is -2.43. The van der Waals surface area contributed by atoms with Crippen LogP contribution in [0.2, 0.25) is 0 Å². The molecule has 174 valence electrons. The van der Waals surface area contributed by atoms with Crippen molar-refractivity contribution in [3.63, 3.8) is 0 Å². The van der Waals surface area contributed by atoms with E-state index < -0.39 is 10.8 Å². The van der Waals surface area contributed by atoms with E-state index in [1.165, 1.54) is 12.1 Å². The van der Waals surface area contributed by atoms with E-state index in [2.05, 4.69) is 6.07 Å². The first-order valence-electron chi connectivity index (χ1n) is 11.1. The maximum Gasteiger partial charge on any atom is 0.269 e. The van der Waals surface area contributed by atoms with E-state index in [0.717, 1.165) is 11.3 Å². The number of hydrogen-bond acceptors (Lipinski definition) is 7. The number of carbonyl (C=O) groups is 1. The van der Waals surface area contributed by atoms with Crippen LogP contribution < -0.4 is 15.4 Å². The second-order valence-corrected chi connectivity index (χ2v) is 9.26. The Hall–Kier alpha value is -4.12. The maximum atomic E-state index is 13.5. The van der Waals surface area contributed by atoms with Gasteiger partial charge in [0.1, 0.15) is 11.6 Å².